The third kappa shape index (κ3) is 2.47. The van der Waals surface area contributed by atoms with Crippen LogP contribution in [0.15, 0.2) is 42.9 Å². The van der Waals surface area contributed by atoms with Gasteiger partial charge in [-0.1, -0.05) is 12.1 Å². The third-order valence-electron chi connectivity index (χ3n) is 4.19. The van der Waals surface area contributed by atoms with E-state index < -0.39 is 0 Å². The maximum absolute atomic E-state index is 12.7. The summed E-state index contributed by atoms with van der Waals surface area (Å²) in [4.78, 5) is 25.2. The van der Waals surface area contributed by atoms with E-state index in [1.807, 2.05) is 49.5 Å². The van der Waals surface area contributed by atoms with Gasteiger partial charge in [-0.25, -0.2) is 4.98 Å². The quantitative estimate of drug-likeness (QED) is 0.774. The molecule has 126 valence electrons. The Morgan fingerprint density at radius 3 is 2.56 bits per heavy atom. The van der Waals surface area contributed by atoms with Crippen LogP contribution >= 0.6 is 0 Å². The minimum absolute atomic E-state index is 0.0854. The molecule has 3 aromatic rings. The first-order chi connectivity index (χ1) is 12.0. The lowest BCUT2D eigenvalue weighted by Gasteiger charge is -2.21. The van der Waals surface area contributed by atoms with Gasteiger partial charge in [0.05, 0.1) is 29.3 Å². The van der Waals surface area contributed by atoms with Gasteiger partial charge in [-0.2, -0.15) is 10.1 Å². The monoisotopic (exact) mass is 335 g/mol. The Bertz CT molecular complexity index is 965. The van der Waals surface area contributed by atoms with Crippen LogP contribution in [0.5, 0.6) is 0 Å². The van der Waals surface area contributed by atoms with Gasteiger partial charge < -0.3 is 15.1 Å². The second-order valence-corrected chi connectivity index (χ2v) is 5.87. The summed E-state index contributed by atoms with van der Waals surface area (Å²) in [6, 6.07) is 7.49. The smallest absolute Gasteiger partial charge is 0.260 e. The number of carbonyl (C=O) groups is 1. The molecular formula is C17H17N7O. The zero-order valence-electron chi connectivity index (χ0n) is 14.1. The van der Waals surface area contributed by atoms with Gasteiger partial charge in [-0.3, -0.25) is 9.48 Å². The standard InChI is InChI=1S/C17H17N7O/c1-22-10-11(8-19-22)20-17-18-9-14-15(21-17)23(2)13-7-5-4-6-12(13)16(25)24(14)3/h4-10H,1-3H3,(H,18,20,21). The lowest BCUT2D eigenvalue weighted by Crippen LogP contribution is -2.25. The van der Waals surface area contributed by atoms with Crippen LogP contribution in [0, 0.1) is 0 Å². The first kappa shape index (κ1) is 15.1. The molecule has 0 saturated carbocycles. The van der Waals surface area contributed by atoms with E-state index in [2.05, 4.69) is 20.4 Å². The van der Waals surface area contributed by atoms with Gasteiger partial charge in [0.1, 0.15) is 5.69 Å². The van der Waals surface area contributed by atoms with Crippen LogP contribution in [-0.4, -0.2) is 39.8 Å². The third-order valence-corrected chi connectivity index (χ3v) is 4.19. The van der Waals surface area contributed by atoms with Crippen molar-refractivity contribution in [1.29, 1.82) is 0 Å². The number of aromatic nitrogens is 4. The van der Waals surface area contributed by atoms with Crippen molar-refractivity contribution in [3.8, 4) is 0 Å². The maximum Gasteiger partial charge on any atom is 0.260 e. The Labute approximate surface area is 144 Å². The van der Waals surface area contributed by atoms with E-state index in [0.29, 0.717) is 23.0 Å². The van der Waals surface area contributed by atoms with Crippen LogP contribution in [0.4, 0.5) is 28.8 Å². The minimum atomic E-state index is -0.0854. The first-order valence-corrected chi connectivity index (χ1v) is 7.78. The number of rotatable bonds is 2. The van der Waals surface area contributed by atoms with E-state index in [4.69, 9.17) is 0 Å². The van der Waals surface area contributed by atoms with E-state index in [1.54, 1.807) is 29.0 Å². The molecule has 0 unspecified atom stereocenters. The SMILES string of the molecule is CN1C(=O)c2ccccc2N(C)c2nc(Nc3cnn(C)c3)ncc21. The number of nitrogens with zero attached hydrogens (tertiary/aromatic N) is 6. The summed E-state index contributed by atoms with van der Waals surface area (Å²) in [5.74, 6) is 1.01. The zero-order valence-corrected chi connectivity index (χ0v) is 14.1. The average Bonchev–Trinajstić information content (AvgIpc) is 3.01. The summed E-state index contributed by atoms with van der Waals surface area (Å²) < 4.78 is 1.70. The summed E-state index contributed by atoms with van der Waals surface area (Å²) >= 11 is 0. The van der Waals surface area contributed by atoms with E-state index in [1.165, 1.54) is 0 Å². The van der Waals surface area contributed by atoms with Gasteiger partial charge in [-0.05, 0) is 12.1 Å². The second kappa shape index (κ2) is 5.59. The molecule has 0 spiro atoms. The molecule has 0 saturated heterocycles. The van der Waals surface area contributed by atoms with Crippen molar-refractivity contribution in [3.63, 3.8) is 0 Å². The number of nitrogens with one attached hydrogen (secondary N) is 1. The van der Waals surface area contributed by atoms with Crippen LogP contribution in [-0.2, 0) is 7.05 Å². The van der Waals surface area contributed by atoms with Crippen molar-refractivity contribution in [2.45, 2.75) is 0 Å². The fourth-order valence-corrected chi connectivity index (χ4v) is 2.88. The Kier molecular flexibility index (Phi) is 3.38. The van der Waals surface area contributed by atoms with Crippen LogP contribution in [0.2, 0.25) is 0 Å². The number of para-hydroxylation sites is 1. The fraction of sp³-hybridized carbons (Fsp3) is 0.176. The van der Waals surface area contributed by atoms with Crippen molar-refractivity contribution >= 4 is 34.7 Å². The first-order valence-electron chi connectivity index (χ1n) is 7.78. The predicted octanol–water partition coefficient (Wildman–Crippen LogP) is 2.31. The predicted molar refractivity (Wildman–Crippen MR) is 95.8 cm³/mol. The molecule has 0 atom stereocenters. The van der Waals surface area contributed by atoms with Crippen molar-refractivity contribution in [2.75, 3.05) is 29.2 Å². The van der Waals surface area contributed by atoms with Gasteiger partial charge in [-0.15, -0.1) is 0 Å². The lowest BCUT2D eigenvalue weighted by atomic mass is 10.1. The summed E-state index contributed by atoms with van der Waals surface area (Å²) in [6.07, 6.45) is 5.19. The van der Waals surface area contributed by atoms with E-state index >= 15 is 0 Å². The largest absolute Gasteiger partial charge is 0.327 e. The van der Waals surface area contributed by atoms with Crippen molar-refractivity contribution < 1.29 is 4.79 Å². The van der Waals surface area contributed by atoms with Crippen molar-refractivity contribution in [1.82, 2.24) is 19.7 Å². The van der Waals surface area contributed by atoms with E-state index in [0.717, 1.165) is 11.4 Å². The summed E-state index contributed by atoms with van der Waals surface area (Å²) in [5.41, 5.74) is 2.89. The molecule has 1 amide bonds. The lowest BCUT2D eigenvalue weighted by molar-refractivity contribution is 0.0994. The van der Waals surface area contributed by atoms with Crippen molar-refractivity contribution in [3.05, 3.63) is 48.4 Å². The van der Waals surface area contributed by atoms with Gasteiger partial charge in [0.2, 0.25) is 5.95 Å². The summed E-state index contributed by atoms with van der Waals surface area (Å²) in [7, 11) is 5.47. The zero-order chi connectivity index (χ0) is 17.6. The number of hydrogen-bond donors (Lipinski definition) is 1. The highest BCUT2D eigenvalue weighted by Crippen LogP contribution is 2.37. The molecule has 2 aromatic heterocycles. The highest BCUT2D eigenvalue weighted by molar-refractivity contribution is 6.13. The van der Waals surface area contributed by atoms with Gasteiger partial charge in [0.25, 0.3) is 5.91 Å². The molecule has 4 rings (SSSR count). The van der Waals surface area contributed by atoms with Crippen molar-refractivity contribution in [2.24, 2.45) is 7.05 Å². The highest BCUT2D eigenvalue weighted by Gasteiger charge is 2.28. The Balaban J connectivity index is 1.80. The number of hydrogen-bond acceptors (Lipinski definition) is 6. The molecule has 0 aliphatic carbocycles. The maximum atomic E-state index is 12.7. The molecule has 0 fully saturated rings. The number of carbonyl (C=O) groups excluding carboxylic acids is 1. The Morgan fingerprint density at radius 1 is 1.00 bits per heavy atom. The second-order valence-electron chi connectivity index (χ2n) is 5.87. The number of anilines is 5. The van der Waals surface area contributed by atoms with E-state index in [9.17, 15) is 4.79 Å². The minimum Gasteiger partial charge on any atom is -0.327 e. The molecule has 1 aromatic carbocycles. The van der Waals surface area contributed by atoms with Crippen LogP contribution in [0.3, 0.4) is 0 Å². The molecule has 1 N–H and O–H groups in total. The highest BCUT2D eigenvalue weighted by atomic mass is 16.2. The number of amides is 1. The van der Waals surface area contributed by atoms with Crippen LogP contribution in [0.1, 0.15) is 10.4 Å². The molecule has 3 heterocycles. The van der Waals surface area contributed by atoms with Gasteiger partial charge >= 0.3 is 0 Å². The molecule has 0 radical (unpaired) electrons. The molecule has 0 bridgehead atoms. The van der Waals surface area contributed by atoms with E-state index in [-0.39, 0.29) is 5.91 Å². The molecule has 8 nitrogen and oxygen atoms in total. The summed E-state index contributed by atoms with van der Waals surface area (Å²) in [6.45, 7) is 0. The number of aryl methyl sites for hydroxylation is 1. The van der Waals surface area contributed by atoms with Crippen LogP contribution in [0.25, 0.3) is 0 Å². The fourth-order valence-electron chi connectivity index (χ4n) is 2.88. The summed E-state index contributed by atoms with van der Waals surface area (Å²) in [5, 5.41) is 7.25. The van der Waals surface area contributed by atoms with Crippen LogP contribution < -0.4 is 15.1 Å². The molecule has 25 heavy (non-hydrogen) atoms. The molecule has 1 aliphatic rings. The molecule has 8 heteroatoms. The normalized spacial score (nSPS) is 13.3. The van der Waals surface area contributed by atoms with Gasteiger partial charge in [0, 0.05) is 27.3 Å². The number of fused-ring (bicyclic) bond motifs is 2. The topological polar surface area (TPSA) is 79.2 Å². The molecular weight excluding hydrogens is 318 g/mol. The Hall–Kier alpha value is -3.42. The average molecular weight is 335 g/mol. The number of benzene rings is 1. The van der Waals surface area contributed by atoms with Gasteiger partial charge in [0.15, 0.2) is 5.82 Å². The molecule has 1 aliphatic heterocycles. The Morgan fingerprint density at radius 2 is 1.80 bits per heavy atom.